The quantitative estimate of drug-likeness (QED) is 0.303. The van der Waals surface area contributed by atoms with Crippen LogP contribution in [-0.4, -0.2) is 25.8 Å². The highest BCUT2D eigenvalue weighted by atomic mass is 16.5. The first-order chi connectivity index (χ1) is 18.2. The summed E-state index contributed by atoms with van der Waals surface area (Å²) in [5, 5.41) is 3.85. The number of pyridine rings is 2. The number of amides is 1. The van der Waals surface area contributed by atoms with Gasteiger partial charge >= 0.3 is 0 Å². The molecule has 7 heteroatoms. The summed E-state index contributed by atoms with van der Waals surface area (Å²) >= 11 is 0. The molecule has 0 saturated heterocycles. The van der Waals surface area contributed by atoms with Crippen molar-refractivity contribution in [3.8, 4) is 22.6 Å². The Kier molecular flexibility index (Phi) is 6.02. The number of hydrogen-bond acceptors (Lipinski definition) is 6. The largest absolute Gasteiger partial charge is 0.456 e. The molecule has 0 bridgehead atoms. The molecule has 6 rings (SSSR count). The van der Waals surface area contributed by atoms with Crippen molar-refractivity contribution in [2.24, 2.45) is 0 Å². The molecule has 3 aromatic heterocycles. The van der Waals surface area contributed by atoms with Crippen molar-refractivity contribution in [2.75, 3.05) is 0 Å². The number of carbonyl (C=O) groups is 1. The van der Waals surface area contributed by atoms with Crippen LogP contribution in [0.5, 0.6) is 11.5 Å². The van der Waals surface area contributed by atoms with Crippen molar-refractivity contribution in [1.82, 2.24) is 25.3 Å². The lowest BCUT2D eigenvalue weighted by Crippen LogP contribution is -2.23. The molecule has 1 fully saturated rings. The molecule has 7 nitrogen and oxygen atoms in total. The number of hydrogen-bond donors (Lipinski definition) is 1. The van der Waals surface area contributed by atoms with E-state index in [0.717, 1.165) is 39.0 Å². The molecule has 1 N–H and O–H groups in total. The van der Waals surface area contributed by atoms with Crippen LogP contribution in [0.1, 0.15) is 46.1 Å². The summed E-state index contributed by atoms with van der Waals surface area (Å²) in [6, 6.07) is 17.2. The Morgan fingerprint density at radius 1 is 0.919 bits per heavy atom. The zero-order chi connectivity index (χ0) is 25.2. The van der Waals surface area contributed by atoms with Gasteiger partial charge in [0.1, 0.15) is 17.3 Å². The average molecular weight is 488 g/mol. The second-order valence-electron chi connectivity index (χ2n) is 9.21. The minimum atomic E-state index is -0.154. The lowest BCUT2D eigenvalue weighted by molar-refractivity contribution is 0.0950. The first kappa shape index (κ1) is 22.8. The maximum absolute atomic E-state index is 12.9. The van der Waals surface area contributed by atoms with Crippen LogP contribution in [0.15, 0.2) is 85.6 Å². The Hall–Kier alpha value is -4.65. The van der Waals surface area contributed by atoms with Gasteiger partial charge < -0.3 is 10.1 Å². The number of nitrogens with one attached hydrogen (secondary N) is 1. The zero-order valence-corrected chi connectivity index (χ0v) is 20.4. The monoisotopic (exact) mass is 487 g/mol. The van der Waals surface area contributed by atoms with Crippen LogP contribution in [0.25, 0.3) is 22.0 Å². The molecule has 37 heavy (non-hydrogen) atoms. The van der Waals surface area contributed by atoms with E-state index in [-0.39, 0.29) is 5.91 Å². The Morgan fingerprint density at radius 3 is 2.51 bits per heavy atom. The Balaban J connectivity index is 1.23. The van der Waals surface area contributed by atoms with E-state index in [0.29, 0.717) is 29.5 Å². The van der Waals surface area contributed by atoms with Gasteiger partial charge in [-0.15, -0.1) is 0 Å². The van der Waals surface area contributed by atoms with Gasteiger partial charge in [-0.25, -0.2) is 9.97 Å². The fourth-order valence-corrected chi connectivity index (χ4v) is 4.30. The van der Waals surface area contributed by atoms with Gasteiger partial charge in [0.25, 0.3) is 5.91 Å². The lowest BCUT2D eigenvalue weighted by Gasteiger charge is -2.14. The van der Waals surface area contributed by atoms with E-state index >= 15 is 0 Å². The lowest BCUT2D eigenvalue weighted by atomic mass is 10.1. The SMILES string of the molecule is Cc1c(Oc2ccnc3cc(-c4cnc(C5CC5)nc4)ccc23)cccc1C(=O)NCc1ccncc1. The fraction of sp³-hybridized carbons (Fsp3) is 0.167. The standard InChI is InChI=1S/C30H25N5O2/c1-19-24(30(36)35-16-20-9-12-31-13-10-20)3-2-4-27(19)37-28-11-14-32-26-15-22(7-8-25(26)28)23-17-33-29(34-18-23)21-5-6-21/h2-4,7-15,17-18,21H,5-6,16H2,1H3,(H,35,36). The van der Waals surface area contributed by atoms with Crippen molar-refractivity contribution in [2.45, 2.75) is 32.2 Å². The summed E-state index contributed by atoms with van der Waals surface area (Å²) in [5.74, 6) is 2.61. The van der Waals surface area contributed by atoms with E-state index in [1.54, 1.807) is 24.7 Å². The van der Waals surface area contributed by atoms with Gasteiger partial charge in [0.2, 0.25) is 0 Å². The fourth-order valence-electron chi connectivity index (χ4n) is 4.30. The molecule has 1 aliphatic rings. The molecule has 3 heterocycles. The van der Waals surface area contributed by atoms with E-state index < -0.39 is 0 Å². The van der Waals surface area contributed by atoms with Crippen molar-refractivity contribution in [3.63, 3.8) is 0 Å². The van der Waals surface area contributed by atoms with Gasteiger partial charge in [-0.2, -0.15) is 0 Å². The van der Waals surface area contributed by atoms with Gasteiger partial charge in [-0.3, -0.25) is 14.8 Å². The smallest absolute Gasteiger partial charge is 0.251 e. The number of benzene rings is 2. The third-order valence-corrected chi connectivity index (χ3v) is 6.60. The van der Waals surface area contributed by atoms with E-state index in [2.05, 4.69) is 25.3 Å². The Bertz CT molecular complexity index is 1580. The van der Waals surface area contributed by atoms with Gasteiger partial charge in [-0.1, -0.05) is 12.1 Å². The number of nitrogens with zero attached hydrogens (tertiary/aromatic N) is 4. The molecule has 1 aliphatic carbocycles. The molecule has 0 atom stereocenters. The molecular formula is C30H25N5O2. The molecule has 1 amide bonds. The summed E-state index contributed by atoms with van der Waals surface area (Å²) in [5.41, 5.74) is 5.10. The molecule has 182 valence electrons. The second-order valence-corrected chi connectivity index (χ2v) is 9.21. The number of fused-ring (bicyclic) bond motifs is 1. The van der Waals surface area contributed by atoms with Crippen molar-refractivity contribution in [3.05, 3.63) is 108 Å². The Labute approximate surface area is 214 Å². The first-order valence-corrected chi connectivity index (χ1v) is 12.3. The van der Waals surface area contributed by atoms with E-state index in [1.165, 1.54) is 12.8 Å². The summed E-state index contributed by atoms with van der Waals surface area (Å²) < 4.78 is 6.32. The highest BCUT2D eigenvalue weighted by Crippen LogP contribution is 2.38. The molecule has 5 aromatic rings. The number of aromatic nitrogens is 4. The molecule has 0 radical (unpaired) electrons. The van der Waals surface area contributed by atoms with Crippen LogP contribution < -0.4 is 10.1 Å². The van der Waals surface area contributed by atoms with Crippen molar-refractivity contribution >= 4 is 16.8 Å². The van der Waals surface area contributed by atoms with Gasteiger partial charge in [-0.05, 0) is 73.4 Å². The third-order valence-electron chi connectivity index (χ3n) is 6.60. The highest BCUT2D eigenvalue weighted by molar-refractivity contribution is 5.96. The van der Waals surface area contributed by atoms with Gasteiger partial charge in [0.05, 0.1) is 5.52 Å². The maximum Gasteiger partial charge on any atom is 0.251 e. The van der Waals surface area contributed by atoms with Crippen LogP contribution in [-0.2, 0) is 6.54 Å². The van der Waals surface area contributed by atoms with Gasteiger partial charge in [0.15, 0.2) is 0 Å². The number of rotatable bonds is 7. The van der Waals surface area contributed by atoms with Crippen LogP contribution in [0.2, 0.25) is 0 Å². The summed E-state index contributed by atoms with van der Waals surface area (Å²) in [4.78, 5) is 30.5. The average Bonchev–Trinajstić information content (AvgIpc) is 3.79. The van der Waals surface area contributed by atoms with E-state index in [4.69, 9.17) is 4.74 Å². The molecular weight excluding hydrogens is 462 g/mol. The van der Waals surface area contributed by atoms with E-state index in [1.807, 2.05) is 67.8 Å². The molecule has 1 saturated carbocycles. The molecule has 0 spiro atoms. The first-order valence-electron chi connectivity index (χ1n) is 12.3. The molecule has 2 aromatic carbocycles. The second kappa shape index (κ2) is 9.78. The summed E-state index contributed by atoms with van der Waals surface area (Å²) in [7, 11) is 0. The van der Waals surface area contributed by atoms with Crippen LogP contribution in [0, 0.1) is 6.92 Å². The molecule has 0 unspecified atom stereocenters. The normalized spacial score (nSPS) is 12.9. The summed E-state index contributed by atoms with van der Waals surface area (Å²) in [6.07, 6.45) is 11.3. The minimum Gasteiger partial charge on any atom is -0.456 e. The third kappa shape index (κ3) is 4.89. The van der Waals surface area contributed by atoms with Crippen molar-refractivity contribution in [1.29, 1.82) is 0 Å². The molecule has 0 aliphatic heterocycles. The highest BCUT2D eigenvalue weighted by Gasteiger charge is 2.26. The number of carbonyl (C=O) groups excluding carboxylic acids is 1. The minimum absolute atomic E-state index is 0.154. The summed E-state index contributed by atoms with van der Waals surface area (Å²) in [6.45, 7) is 2.32. The maximum atomic E-state index is 12.9. The predicted molar refractivity (Wildman–Crippen MR) is 141 cm³/mol. The Morgan fingerprint density at radius 2 is 1.73 bits per heavy atom. The number of ether oxygens (including phenoxy) is 1. The van der Waals surface area contributed by atoms with E-state index in [9.17, 15) is 4.79 Å². The van der Waals surface area contributed by atoms with Crippen molar-refractivity contribution < 1.29 is 9.53 Å². The predicted octanol–water partition coefficient (Wildman–Crippen LogP) is 5.99. The van der Waals surface area contributed by atoms with Gasteiger partial charge in [0, 0.05) is 65.5 Å². The van der Waals surface area contributed by atoms with Crippen LogP contribution in [0.3, 0.4) is 0 Å². The van der Waals surface area contributed by atoms with Crippen LogP contribution >= 0.6 is 0 Å². The topological polar surface area (TPSA) is 89.9 Å². The zero-order valence-electron chi connectivity index (χ0n) is 20.4. The van der Waals surface area contributed by atoms with Crippen LogP contribution in [0.4, 0.5) is 0 Å².